The van der Waals surface area contributed by atoms with Crippen molar-refractivity contribution in [3.63, 3.8) is 0 Å². The van der Waals surface area contributed by atoms with Crippen LogP contribution in [-0.2, 0) is 14.3 Å². The number of carbonyl (C=O) groups is 2. The van der Waals surface area contributed by atoms with E-state index in [-0.39, 0.29) is 35.7 Å². The van der Waals surface area contributed by atoms with Crippen LogP contribution in [0.2, 0.25) is 0 Å². The molecule has 2 N–H and O–H groups in total. The minimum atomic E-state index is -0.587. The van der Waals surface area contributed by atoms with E-state index in [1.54, 1.807) is 26.1 Å². The first-order valence-corrected chi connectivity index (χ1v) is 8.82. The molecule has 0 radical (unpaired) electrons. The minimum absolute atomic E-state index is 0.0614. The van der Waals surface area contributed by atoms with E-state index in [0.717, 1.165) is 5.57 Å². The molecular formula is C19H37N3O3. The van der Waals surface area contributed by atoms with Gasteiger partial charge in [0.1, 0.15) is 6.04 Å². The lowest BCUT2D eigenvalue weighted by Gasteiger charge is -2.37. The molecule has 2 amide bonds. The fourth-order valence-corrected chi connectivity index (χ4v) is 2.69. The fourth-order valence-electron chi connectivity index (χ4n) is 2.69. The molecule has 0 saturated carbocycles. The van der Waals surface area contributed by atoms with Gasteiger partial charge in [-0.3, -0.25) is 9.59 Å². The molecular weight excluding hydrogens is 318 g/mol. The number of methoxy groups -OCH3 is 1. The van der Waals surface area contributed by atoms with Gasteiger partial charge < -0.3 is 20.3 Å². The molecule has 0 saturated heterocycles. The molecule has 0 aromatic carbocycles. The Bertz CT molecular complexity index is 467. The average molecular weight is 356 g/mol. The summed E-state index contributed by atoms with van der Waals surface area (Å²) in [5, 5.41) is 5.69. The Kier molecular flexibility index (Phi) is 9.97. The zero-order valence-electron chi connectivity index (χ0n) is 17.4. The number of likely N-dealkylation sites (N-methyl/N-ethyl adjacent to an activating group) is 2. The standard InChI is InChI=1S/C19H37N3O3/c1-13(2)15(10-14(3)12-25-9)22(8)18(24)17(19(4,5)6)21-16(23)11-20-7/h10,13,15,17,20H,11-12H2,1-9H3,(H,21,23)/b14-10+. The number of carbonyl (C=O) groups excluding carboxylic acids is 2. The first-order chi connectivity index (χ1) is 11.4. The van der Waals surface area contributed by atoms with Crippen molar-refractivity contribution in [1.82, 2.24) is 15.5 Å². The van der Waals surface area contributed by atoms with Gasteiger partial charge in [-0.25, -0.2) is 0 Å². The second-order valence-corrected chi connectivity index (χ2v) is 8.03. The van der Waals surface area contributed by atoms with Crippen LogP contribution in [0.1, 0.15) is 41.5 Å². The minimum Gasteiger partial charge on any atom is -0.380 e. The van der Waals surface area contributed by atoms with Gasteiger partial charge in [0.25, 0.3) is 0 Å². The number of nitrogens with one attached hydrogen (secondary N) is 2. The average Bonchev–Trinajstić information content (AvgIpc) is 2.48. The molecule has 0 fully saturated rings. The van der Waals surface area contributed by atoms with Gasteiger partial charge in [0, 0.05) is 14.2 Å². The summed E-state index contributed by atoms with van der Waals surface area (Å²) in [6.07, 6.45) is 2.07. The second kappa shape index (κ2) is 10.6. The molecule has 0 rings (SSSR count). The molecule has 0 aliphatic heterocycles. The third-order valence-corrected chi connectivity index (χ3v) is 4.06. The zero-order valence-corrected chi connectivity index (χ0v) is 17.4. The molecule has 6 nitrogen and oxygen atoms in total. The van der Waals surface area contributed by atoms with Crippen molar-refractivity contribution in [2.45, 2.75) is 53.6 Å². The Balaban J connectivity index is 5.49. The van der Waals surface area contributed by atoms with Crippen LogP contribution >= 0.6 is 0 Å². The molecule has 0 aliphatic carbocycles. The molecule has 146 valence electrons. The lowest BCUT2D eigenvalue weighted by molar-refractivity contribution is -0.139. The van der Waals surface area contributed by atoms with Crippen LogP contribution < -0.4 is 10.6 Å². The Labute approximate surface area is 153 Å². The van der Waals surface area contributed by atoms with E-state index in [2.05, 4.69) is 30.6 Å². The highest BCUT2D eigenvalue weighted by Crippen LogP contribution is 2.23. The van der Waals surface area contributed by atoms with Crippen molar-refractivity contribution in [3.05, 3.63) is 11.6 Å². The smallest absolute Gasteiger partial charge is 0.245 e. The van der Waals surface area contributed by atoms with Gasteiger partial charge in [0.05, 0.1) is 19.2 Å². The molecule has 2 unspecified atom stereocenters. The molecule has 0 heterocycles. The number of amides is 2. The Morgan fingerprint density at radius 2 is 1.80 bits per heavy atom. The normalized spacial score (nSPS) is 15.0. The van der Waals surface area contributed by atoms with Gasteiger partial charge in [-0.05, 0) is 30.9 Å². The Morgan fingerprint density at radius 3 is 2.20 bits per heavy atom. The van der Waals surface area contributed by atoms with E-state index in [1.165, 1.54) is 0 Å². The number of hydrogen-bond acceptors (Lipinski definition) is 4. The largest absolute Gasteiger partial charge is 0.380 e. The first-order valence-electron chi connectivity index (χ1n) is 8.82. The van der Waals surface area contributed by atoms with Crippen LogP contribution in [0.15, 0.2) is 11.6 Å². The summed E-state index contributed by atoms with van der Waals surface area (Å²) in [5.41, 5.74) is 0.689. The molecule has 0 spiro atoms. The zero-order chi connectivity index (χ0) is 19.8. The summed E-state index contributed by atoms with van der Waals surface area (Å²) in [6, 6.07) is -0.649. The van der Waals surface area contributed by atoms with Gasteiger partial charge in [-0.1, -0.05) is 40.7 Å². The van der Waals surface area contributed by atoms with Crippen molar-refractivity contribution in [2.75, 3.05) is 34.4 Å². The van der Waals surface area contributed by atoms with Crippen molar-refractivity contribution in [2.24, 2.45) is 11.3 Å². The van der Waals surface area contributed by atoms with E-state index in [1.807, 2.05) is 27.7 Å². The molecule has 0 aromatic rings. The quantitative estimate of drug-likeness (QED) is 0.619. The number of nitrogens with zero attached hydrogens (tertiary/aromatic N) is 1. The first kappa shape index (κ1) is 23.6. The van der Waals surface area contributed by atoms with Crippen molar-refractivity contribution < 1.29 is 14.3 Å². The predicted octanol–water partition coefficient (Wildman–Crippen LogP) is 1.81. The Morgan fingerprint density at radius 1 is 1.24 bits per heavy atom. The summed E-state index contributed by atoms with van der Waals surface area (Å²) < 4.78 is 5.17. The summed E-state index contributed by atoms with van der Waals surface area (Å²) in [5.74, 6) is -0.0251. The summed E-state index contributed by atoms with van der Waals surface area (Å²) >= 11 is 0. The third-order valence-electron chi connectivity index (χ3n) is 4.06. The van der Waals surface area contributed by atoms with Crippen molar-refractivity contribution in [1.29, 1.82) is 0 Å². The molecule has 25 heavy (non-hydrogen) atoms. The topological polar surface area (TPSA) is 70.7 Å². The SMILES string of the molecule is CNCC(=O)NC(C(=O)N(C)C(/C=C(\C)COC)C(C)C)C(C)(C)C. The fraction of sp³-hybridized carbons (Fsp3) is 0.789. The molecule has 0 bridgehead atoms. The van der Waals surface area contributed by atoms with E-state index in [9.17, 15) is 9.59 Å². The highest BCUT2D eigenvalue weighted by atomic mass is 16.5. The van der Waals surface area contributed by atoms with Crippen molar-refractivity contribution in [3.8, 4) is 0 Å². The second-order valence-electron chi connectivity index (χ2n) is 8.03. The Hall–Kier alpha value is -1.40. The van der Waals surface area contributed by atoms with Gasteiger partial charge in [0.2, 0.25) is 11.8 Å². The predicted molar refractivity (Wildman–Crippen MR) is 102 cm³/mol. The lowest BCUT2D eigenvalue weighted by Crippen LogP contribution is -2.57. The lowest BCUT2D eigenvalue weighted by atomic mass is 9.85. The van der Waals surface area contributed by atoms with Crippen LogP contribution in [0.25, 0.3) is 0 Å². The highest BCUT2D eigenvalue weighted by molar-refractivity contribution is 5.89. The van der Waals surface area contributed by atoms with Crippen LogP contribution in [0.5, 0.6) is 0 Å². The van der Waals surface area contributed by atoms with E-state index in [4.69, 9.17) is 4.74 Å². The third kappa shape index (κ3) is 8.01. The molecule has 0 aliphatic rings. The van der Waals surface area contributed by atoms with Crippen LogP contribution in [0.4, 0.5) is 0 Å². The van der Waals surface area contributed by atoms with Crippen LogP contribution in [-0.4, -0.2) is 63.2 Å². The van der Waals surface area contributed by atoms with Crippen LogP contribution in [0, 0.1) is 11.3 Å². The summed E-state index contributed by atoms with van der Waals surface area (Å²) in [6.45, 7) is 12.7. The van der Waals surface area contributed by atoms with E-state index in [0.29, 0.717) is 6.61 Å². The van der Waals surface area contributed by atoms with Gasteiger partial charge in [0.15, 0.2) is 0 Å². The van der Waals surface area contributed by atoms with Gasteiger partial charge in [-0.15, -0.1) is 0 Å². The van der Waals surface area contributed by atoms with Gasteiger partial charge >= 0.3 is 0 Å². The van der Waals surface area contributed by atoms with Crippen LogP contribution in [0.3, 0.4) is 0 Å². The number of ether oxygens (including phenoxy) is 1. The van der Waals surface area contributed by atoms with E-state index < -0.39 is 6.04 Å². The maximum atomic E-state index is 13.1. The maximum Gasteiger partial charge on any atom is 0.245 e. The number of hydrogen-bond donors (Lipinski definition) is 2. The summed E-state index contributed by atoms with van der Waals surface area (Å²) in [4.78, 5) is 26.9. The highest BCUT2D eigenvalue weighted by Gasteiger charge is 2.36. The number of rotatable bonds is 9. The monoisotopic (exact) mass is 355 g/mol. The molecule has 2 atom stereocenters. The van der Waals surface area contributed by atoms with E-state index >= 15 is 0 Å². The van der Waals surface area contributed by atoms with Gasteiger partial charge in [-0.2, -0.15) is 0 Å². The van der Waals surface area contributed by atoms with Crippen molar-refractivity contribution >= 4 is 11.8 Å². The summed E-state index contributed by atoms with van der Waals surface area (Å²) in [7, 11) is 5.16. The molecule has 0 aromatic heterocycles. The maximum absolute atomic E-state index is 13.1. The molecule has 6 heteroatoms.